The number of methoxy groups -OCH3 is 1. The maximum atomic E-state index is 13.1. The Hall–Kier alpha value is -1.71. The molecule has 1 fully saturated rings. The number of ether oxygens (including phenoxy) is 1. The minimum Gasteiger partial charge on any atom is -0.385 e. The first-order chi connectivity index (χ1) is 13.0. The second-order valence-electron chi connectivity index (χ2n) is 7.24. The Morgan fingerprint density at radius 2 is 2.11 bits per heavy atom. The van der Waals surface area contributed by atoms with Gasteiger partial charge in [0.25, 0.3) is 0 Å². The first-order valence-corrected chi connectivity index (χ1v) is 11.0. The van der Waals surface area contributed by atoms with Gasteiger partial charge in [0.1, 0.15) is 0 Å². The van der Waals surface area contributed by atoms with Crippen molar-refractivity contribution in [1.82, 2.24) is 24.6 Å². The van der Waals surface area contributed by atoms with E-state index in [4.69, 9.17) is 4.74 Å². The van der Waals surface area contributed by atoms with E-state index in [0.29, 0.717) is 26.2 Å². The summed E-state index contributed by atoms with van der Waals surface area (Å²) in [7, 11) is 0.259. The molecule has 0 amide bonds. The molecule has 0 radical (unpaired) electrons. The summed E-state index contributed by atoms with van der Waals surface area (Å²) in [6.45, 7) is 2.49. The average molecular weight is 396 g/mol. The van der Waals surface area contributed by atoms with Gasteiger partial charge < -0.3 is 9.30 Å². The van der Waals surface area contributed by atoms with Crippen molar-refractivity contribution < 1.29 is 13.2 Å². The van der Waals surface area contributed by atoms with E-state index in [1.165, 1.54) is 0 Å². The van der Waals surface area contributed by atoms with Crippen LogP contribution in [0.2, 0.25) is 0 Å². The van der Waals surface area contributed by atoms with Gasteiger partial charge in [-0.1, -0.05) is 12.8 Å². The molecule has 0 aromatic carbocycles. The standard InChI is InChI=1S/C18H29N5O3S/c1-22(13-15-8-9-20-21-15)14-16-12-19-18(23(16)10-5-11-26-2)27(24,25)17-6-3-4-7-17/h8-9,12,17H,3-7,10-11,13-14H2,1-2H3,(H,20,21). The monoisotopic (exact) mass is 395 g/mol. The van der Waals surface area contributed by atoms with Crippen molar-refractivity contribution in [1.29, 1.82) is 0 Å². The van der Waals surface area contributed by atoms with Crippen LogP contribution in [0.5, 0.6) is 0 Å². The molecule has 0 atom stereocenters. The smallest absolute Gasteiger partial charge is 0.228 e. The number of hydrogen-bond donors (Lipinski definition) is 1. The van der Waals surface area contributed by atoms with Gasteiger partial charge in [0.2, 0.25) is 15.0 Å². The number of aromatic nitrogens is 4. The van der Waals surface area contributed by atoms with Gasteiger partial charge >= 0.3 is 0 Å². The number of hydrogen-bond acceptors (Lipinski definition) is 6. The van der Waals surface area contributed by atoms with E-state index in [-0.39, 0.29) is 10.4 Å². The molecule has 27 heavy (non-hydrogen) atoms. The molecule has 0 aliphatic heterocycles. The lowest BCUT2D eigenvalue weighted by atomic mass is 10.3. The lowest BCUT2D eigenvalue weighted by Gasteiger charge is -2.19. The highest BCUT2D eigenvalue weighted by molar-refractivity contribution is 7.91. The Kier molecular flexibility index (Phi) is 6.67. The fourth-order valence-corrected chi connectivity index (χ4v) is 5.66. The van der Waals surface area contributed by atoms with E-state index >= 15 is 0 Å². The predicted octanol–water partition coefficient (Wildman–Crippen LogP) is 1.99. The summed E-state index contributed by atoms with van der Waals surface area (Å²) in [6, 6.07) is 1.93. The van der Waals surface area contributed by atoms with Crippen LogP contribution < -0.4 is 0 Å². The molecule has 1 aliphatic carbocycles. The average Bonchev–Trinajstić information content (AvgIpc) is 3.37. The third-order valence-corrected chi connectivity index (χ3v) is 7.24. The molecule has 0 bridgehead atoms. The second kappa shape index (κ2) is 8.99. The minimum absolute atomic E-state index is 0.218. The molecule has 1 aliphatic rings. The van der Waals surface area contributed by atoms with Crippen LogP contribution in [0, 0.1) is 0 Å². The zero-order valence-corrected chi connectivity index (χ0v) is 16.9. The lowest BCUT2D eigenvalue weighted by molar-refractivity contribution is 0.188. The van der Waals surface area contributed by atoms with E-state index in [9.17, 15) is 8.42 Å². The van der Waals surface area contributed by atoms with Crippen molar-refractivity contribution in [2.75, 3.05) is 20.8 Å². The molecular formula is C18H29N5O3S. The highest BCUT2D eigenvalue weighted by Crippen LogP contribution is 2.29. The Morgan fingerprint density at radius 1 is 1.33 bits per heavy atom. The van der Waals surface area contributed by atoms with Gasteiger partial charge in [-0.3, -0.25) is 10.00 Å². The number of aromatic amines is 1. The largest absolute Gasteiger partial charge is 0.385 e. The molecule has 8 nitrogen and oxygen atoms in total. The number of nitrogens with one attached hydrogen (secondary N) is 1. The minimum atomic E-state index is -3.40. The van der Waals surface area contributed by atoms with Crippen LogP contribution in [0.15, 0.2) is 23.6 Å². The van der Waals surface area contributed by atoms with Crippen molar-refractivity contribution in [2.45, 2.75) is 62.1 Å². The Balaban J connectivity index is 1.81. The topological polar surface area (TPSA) is 93.1 Å². The molecule has 1 saturated carbocycles. The van der Waals surface area contributed by atoms with E-state index in [2.05, 4.69) is 20.1 Å². The molecule has 0 unspecified atom stereocenters. The van der Waals surface area contributed by atoms with Crippen LogP contribution >= 0.6 is 0 Å². The summed E-state index contributed by atoms with van der Waals surface area (Å²) in [5, 5.41) is 6.84. The molecule has 2 heterocycles. The summed E-state index contributed by atoms with van der Waals surface area (Å²) in [5.41, 5.74) is 1.92. The van der Waals surface area contributed by atoms with Crippen molar-refractivity contribution in [3.63, 3.8) is 0 Å². The maximum Gasteiger partial charge on any atom is 0.228 e. The molecule has 2 aromatic heterocycles. The van der Waals surface area contributed by atoms with Crippen LogP contribution in [-0.4, -0.2) is 59.1 Å². The molecule has 0 spiro atoms. The Labute approximate surface area is 160 Å². The number of H-pyrrole nitrogens is 1. The molecule has 2 aromatic rings. The van der Waals surface area contributed by atoms with Gasteiger partial charge in [-0.25, -0.2) is 13.4 Å². The fourth-order valence-electron chi connectivity index (χ4n) is 3.70. The summed E-state index contributed by atoms with van der Waals surface area (Å²) < 4.78 is 33.2. The molecule has 0 saturated heterocycles. The van der Waals surface area contributed by atoms with Crippen molar-refractivity contribution in [3.05, 3.63) is 29.8 Å². The zero-order chi connectivity index (χ0) is 19.3. The highest BCUT2D eigenvalue weighted by atomic mass is 32.2. The third kappa shape index (κ3) is 4.77. The third-order valence-electron chi connectivity index (χ3n) is 5.06. The van der Waals surface area contributed by atoms with E-state index in [1.807, 2.05) is 17.7 Å². The van der Waals surface area contributed by atoms with Gasteiger partial charge in [-0.05, 0) is 32.4 Å². The summed E-state index contributed by atoms with van der Waals surface area (Å²) in [5.74, 6) is 0. The summed E-state index contributed by atoms with van der Waals surface area (Å²) >= 11 is 0. The molecule has 3 rings (SSSR count). The van der Waals surface area contributed by atoms with Gasteiger partial charge in [0.15, 0.2) is 0 Å². The van der Waals surface area contributed by atoms with Gasteiger partial charge in [-0.15, -0.1) is 0 Å². The van der Waals surface area contributed by atoms with Crippen LogP contribution in [-0.2, 0) is 34.2 Å². The predicted molar refractivity (Wildman–Crippen MR) is 102 cm³/mol. The maximum absolute atomic E-state index is 13.1. The van der Waals surface area contributed by atoms with Gasteiger partial charge in [0, 0.05) is 45.2 Å². The van der Waals surface area contributed by atoms with Crippen molar-refractivity contribution in [2.24, 2.45) is 0 Å². The SMILES string of the molecule is COCCCn1c(CN(C)Cc2ccn[nH]2)cnc1S(=O)(=O)C1CCCC1. The lowest BCUT2D eigenvalue weighted by Crippen LogP contribution is -2.25. The number of sulfone groups is 1. The molecule has 9 heteroatoms. The zero-order valence-electron chi connectivity index (χ0n) is 16.1. The van der Waals surface area contributed by atoms with E-state index < -0.39 is 9.84 Å². The Bertz CT molecular complexity index is 810. The number of imidazole rings is 1. The highest BCUT2D eigenvalue weighted by Gasteiger charge is 2.34. The normalized spacial score (nSPS) is 15.8. The van der Waals surface area contributed by atoms with Gasteiger partial charge in [-0.2, -0.15) is 5.10 Å². The molecular weight excluding hydrogens is 366 g/mol. The summed E-state index contributed by atoms with van der Waals surface area (Å²) in [4.78, 5) is 6.46. The van der Waals surface area contributed by atoms with Crippen LogP contribution in [0.4, 0.5) is 0 Å². The van der Waals surface area contributed by atoms with Crippen molar-refractivity contribution >= 4 is 9.84 Å². The fraction of sp³-hybridized carbons (Fsp3) is 0.667. The van der Waals surface area contributed by atoms with E-state index in [0.717, 1.165) is 43.5 Å². The first-order valence-electron chi connectivity index (χ1n) is 9.46. The van der Waals surface area contributed by atoms with Gasteiger partial charge in [0.05, 0.1) is 17.1 Å². The molecule has 150 valence electrons. The van der Waals surface area contributed by atoms with E-state index in [1.54, 1.807) is 19.5 Å². The number of rotatable bonds is 10. The van der Waals surface area contributed by atoms with Crippen molar-refractivity contribution in [3.8, 4) is 0 Å². The van der Waals surface area contributed by atoms with Crippen LogP contribution in [0.25, 0.3) is 0 Å². The quantitative estimate of drug-likeness (QED) is 0.619. The first kappa shape index (κ1) is 20.0. The number of nitrogens with zero attached hydrogens (tertiary/aromatic N) is 4. The van der Waals surface area contributed by atoms with Crippen LogP contribution in [0.3, 0.4) is 0 Å². The Morgan fingerprint density at radius 3 is 2.78 bits per heavy atom. The second-order valence-corrected chi connectivity index (χ2v) is 9.36. The molecule has 1 N–H and O–H groups in total. The summed E-state index contributed by atoms with van der Waals surface area (Å²) in [6.07, 6.45) is 7.62. The van der Waals surface area contributed by atoms with Crippen LogP contribution in [0.1, 0.15) is 43.5 Å².